The third-order valence-corrected chi connectivity index (χ3v) is 1.23. The molecule has 1 heterocycles. The first-order valence-electron chi connectivity index (χ1n) is 3.52. The number of anilines is 2. The average Bonchev–Trinajstić information content (AvgIpc) is 2.15. The molecule has 0 aliphatic heterocycles. The standard InChI is InChI=1S/C6H11N5O.2ClH/c7-9-6-2-1-5(10-11-6)8-3-4-12;;/h1-2,12H,3-4,7H2,(H,8,10)(H,9,11);2*1H. The summed E-state index contributed by atoms with van der Waals surface area (Å²) in [5.41, 5.74) is 2.36. The van der Waals surface area contributed by atoms with Crippen LogP contribution in [0.2, 0.25) is 0 Å². The Morgan fingerprint density at radius 2 is 1.79 bits per heavy atom. The van der Waals surface area contributed by atoms with Gasteiger partial charge in [-0.15, -0.1) is 35.0 Å². The number of nitrogens with one attached hydrogen (secondary N) is 2. The van der Waals surface area contributed by atoms with Crippen LogP contribution in [0.5, 0.6) is 0 Å². The fourth-order valence-electron chi connectivity index (χ4n) is 0.688. The van der Waals surface area contributed by atoms with Crippen molar-refractivity contribution >= 4 is 36.4 Å². The van der Waals surface area contributed by atoms with E-state index in [1.807, 2.05) is 0 Å². The van der Waals surface area contributed by atoms with Crippen LogP contribution in [0.3, 0.4) is 0 Å². The second kappa shape index (κ2) is 8.76. The summed E-state index contributed by atoms with van der Waals surface area (Å²) in [6, 6.07) is 3.41. The van der Waals surface area contributed by atoms with Gasteiger partial charge in [-0.1, -0.05) is 0 Å². The molecule has 0 bridgehead atoms. The van der Waals surface area contributed by atoms with Crippen LogP contribution in [0, 0.1) is 0 Å². The number of halogens is 2. The van der Waals surface area contributed by atoms with Crippen LogP contribution in [0.4, 0.5) is 11.6 Å². The molecule has 0 amide bonds. The normalized spacial score (nSPS) is 8.14. The quantitative estimate of drug-likeness (QED) is 0.438. The van der Waals surface area contributed by atoms with Crippen molar-refractivity contribution in [1.29, 1.82) is 0 Å². The predicted molar refractivity (Wildman–Crippen MR) is 59.9 cm³/mol. The summed E-state index contributed by atoms with van der Waals surface area (Å²) < 4.78 is 0. The summed E-state index contributed by atoms with van der Waals surface area (Å²) in [5, 5.41) is 18.8. The van der Waals surface area contributed by atoms with Gasteiger partial charge in [-0.3, -0.25) is 0 Å². The van der Waals surface area contributed by atoms with Gasteiger partial charge in [-0.25, -0.2) is 5.84 Å². The zero-order valence-corrected chi connectivity index (χ0v) is 8.94. The molecule has 8 heteroatoms. The van der Waals surface area contributed by atoms with E-state index in [9.17, 15) is 0 Å². The second-order valence-electron chi connectivity index (χ2n) is 2.10. The molecule has 0 atom stereocenters. The lowest BCUT2D eigenvalue weighted by Crippen LogP contribution is -2.11. The molecule has 0 unspecified atom stereocenters. The van der Waals surface area contributed by atoms with Crippen LogP contribution in [-0.2, 0) is 0 Å². The van der Waals surface area contributed by atoms with Crippen molar-refractivity contribution in [2.24, 2.45) is 5.84 Å². The predicted octanol–water partition coefficient (Wildman–Crippen LogP) is 0.01000. The maximum atomic E-state index is 8.49. The van der Waals surface area contributed by atoms with Crippen LogP contribution in [0.25, 0.3) is 0 Å². The molecule has 6 nitrogen and oxygen atoms in total. The Hall–Kier alpha value is -0.820. The Balaban J connectivity index is 0. The maximum Gasteiger partial charge on any atom is 0.162 e. The minimum absolute atomic E-state index is 0. The summed E-state index contributed by atoms with van der Waals surface area (Å²) in [6.07, 6.45) is 0. The van der Waals surface area contributed by atoms with E-state index in [1.165, 1.54) is 0 Å². The van der Waals surface area contributed by atoms with Crippen LogP contribution in [-0.4, -0.2) is 28.5 Å². The number of hydrogen-bond acceptors (Lipinski definition) is 6. The fraction of sp³-hybridized carbons (Fsp3) is 0.333. The van der Waals surface area contributed by atoms with Crippen LogP contribution in [0.1, 0.15) is 0 Å². The van der Waals surface area contributed by atoms with Crippen molar-refractivity contribution in [3.8, 4) is 0 Å². The van der Waals surface area contributed by atoms with Gasteiger partial charge in [0.2, 0.25) is 0 Å². The van der Waals surface area contributed by atoms with Crippen molar-refractivity contribution in [2.45, 2.75) is 0 Å². The minimum Gasteiger partial charge on any atom is -0.395 e. The zero-order chi connectivity index (χ0) is 8.81. The number of nitrogen functional groups attached to an aromatic ring is 1. The molecule has 14 heavy (non-hydrogen) atoms. The molecule has 0 aromatic carbocycles. The Kier molecular flexibility index (Phi) is 9.79. The third-order valence-electron chi connectivity index (χ3n) is 1.23. The Morgan fingerprint density at radius 3 is 2.21 bits per heavy atom. The van der Waals surface area contributed by atoms with Gasteiger partial charge in [0.1, 0.15) is 5.82 Å². The number of nitrogens with two attached hydrogens (primary N) is 1. The van der Waals surface area contributed by atoms with Gasteiger partial charge >= 0.3 is 0 Å². The van der Waals surface area contributed by atoms with Crippen molar-refractivity contribution in [2.75, 3.05) is 23.9 Å². The molecular weight excluding hydrogens is 229 g/mol. The van der Waals surface area contributed by atoms with Crippen molar-refractivity contribution in [3.05, 3.63) is 12.1 Å². The topological polar surface area (TPSA) is 96.1 Å². The van der Waals surface area contributed by atoms with Gasteiger partial charge in [0.15, 0.2) is 5.82 Å². The second-order valence-corrected chi connectivity index (χ2v) is 2.10. The molecular formula is C6H13Cl2N5O. The van der Waals surface area contributed by atoms with Crippen LogP contribution >= 0.6 is 24.8 Å². The highest BCUT2D eigenvalue weighted by molar-refractivity contribution is 5.85. The number of aliphatic hydroxyl groups is 1. The van der Waals surface area contributed by atoms with E-state index in [0.717, 1.165) is 0 Å². The van der Waals surface area contributed by atoms with Crippen molar-refractivity contribution in [3.63, 3.8) is 0 Å². The van der Waals surface area contributed by atoms with Gasteiger partial charge in [0.25, 0.3) is 0 Å². The minimum atomic E-state index is 0. The third kappa shape index (κ3) is 5.03. The smallest absolute Gasteiger partial charge is 0.162 e. The van der Waals surface area contributed by atoms with Crippen molar-refractivity contribution < 1.29 is 5.11 Å². The van der Waals surface area contributed by atoms with E-state index in [4.69, 9.17) is 10.9 Å². The number of hydrazine groups is 1. The summed E-state index contributed by atoms with van der Waals surface area (Å²) in [7, 11) is 0. The Morgan fingerprint density at radius 1 is 1.21 bits per heavy atom. The van der Waals surface area contributed by atoms with Crippen LogP contribution < -0.4 is 16.6 Å². The summed E-state index contributed by atoms with van der Waals surface area (Å²) in [6.45, 7) is 0.530. The monoisotopic (exact) mass is 241 g/mol. The molecule has 0 saturated heterocycles. The average molecular weight is 242 g/mol. The number of hydrogen-bond donors (Lipinski definition) is 4. The Labute approximate surface area is 94.1 Å². The molecule has 0 aliphatic carbocycles. The number of aromatic nitrogens is 2. The first-order chi connectivity index (χ1) is 5.86. The van der Waals surface area contributed by atoms with E-state index in [2.05, 4.69) is 20.9 Å². The lowest BCUT2D eigenvalue weighted by molar-refractivity contribution is 0.311. The first-order valence-corrected chi connectivity index (χ1v) is 3.52. The van der Waals surface area contributed by atoms with Crippen molar-refractivity contribution in [1.82, 2.24) is 10.2 Å². The molecule has 1 aromatic heterocycles. The SMILES string of the molecule is Cl.Cl.NNc1ccc(NCCO)nn1. The molecule has 1 aromatic rings. The van der Waals surface area contributed by atoms with Gasteiger partial charge in [-0.05, 0) is 12.1 Å². The van der Waals surface area contributed by atoms with Crippen LogP contribution in [0.15, 0.2) is 12.1 Å². The van der Waals surface area contributed by atoms with E-state index >= 15 is 0 Å². The highest BCUT2D eigenvalue weighted by Gasteiger charge is 1.93. The zero-order valence-electron chi connectivity index (χ0n) is 7.30. The van der Waals surface area contributed by atoms with Gasteiger partial charge in [0, 0.05) is 6.54 Å². The van der Waals surface area contributed by atoms with Gasteiger partial charge in [-0.2, -0.15) is 0 Å². The number of aliphatic hydroxyl groups excluding tert-OH is 1. The largest absolute Gasteiger partial charge is 0.395 e. The van der Waals surface area contributed by atoms with Gasteiger partial charge < -0.3 is 15.8 Å². The summed E-state index contributed by atoms with van der Waals surface area (Å²) in [5.74, 6) is 6.21. The van der Waals surface area contributed by atoms with E-state index in [1.54, 1.807) is 12.1 Å². The molecule has 5 N–H and O–H groups in total. The summed E-state index contributed by atoms with van der Waals surface area (Å²) >= 11 is 0. The maximum absolute atomic E-state index is 8.49. The first kappa shape index (κ1) is 15.6. The molecule has 0 spiro atoms. The lowest BCUT2D eigenvalue weighted by atomic mass is 10.5. The highest BCUT2D eigenvalue weighted by Crippen LogP contribution is 2.03. The molecule has 0 aliphatic rings. The highest BCUT2D eigenvalue weighted by atomic mass is 35.5. The molecule has 0 saturated carbocycles. The fourth-order valence-corrected chi connectivity index (χ4v) is 0.688. The lowest BCUT2D eigenvalue weighted by Gasteiger charge is -2.02. The molecule has 1 rings (SSSR count). The molecule has 82 valence electrons. The van der Waals surface area contributed by atoms with E-state index in [0.29, 0.717) is 18.2 Å². The molecule has 0 fully saturated rings. The summed E-state index contributed by atoms with van der Waals surface area (Å²) in [4.78, 5) is 0. The van der Waals surface area contributed by atoms with E-state index in [-0.39, 0.29) is 31.4 Å². The Bertz CT molecular complexity index is 232. The number of nitrogens with zero attached hydrogens (tertiary/aromatic N) is 2. The van der Waals surface area contributed by atoms with Gasteiger partial charge in [0.05, 0.1) is 6.61 Å². The molecule has 0 radical (unpaired) electrons. The number of rotatable bonds is 4. The van der Waals surface area contributed by atoms with E-state index < -0.39 is 0 Å².